The van der Waals surface area contributed by atoms with Gasteiger partial charge in [0.25, 0.3) is 0 Å². The topological polar surface area (TPSA) is 23.5 Å². The summed E-state index contributed by atoms with van der Waals surface area (Å²) >= 11 is 0. The Morgan fingerprint density at radius 1 is 1.26 bits per heavy atom. The summed E-state index contributed by atoms with van der Waals surface area (Å²) in [6.07, 6.45) is 1.81. The summed E-state index contributed by atoms with van der Waals surface area (Å²) < 4.78 is 0. The number of nitrogens with zero attached hydrogens (tertiary/aromatic N) is 1. The fourth-order valence-electron chi connectivity index (χ4n) is 2.89. The van der Waals surface area contributed by atoms with Crippen molar-refractivity contribution in [3.05, 3.63) is 35.9 Å². The van der Waals surface area contributed by atoms with Crippen LogP contribution in [0.2, 0.25) is 0 Å². The van der Waals surface area contributed by atoms with Crippen molar-refractivity contribution >= 4 is 0 Å². The van der Waals surface area contributed by atoms with E-state index in [1.165, 1.54) is 19.5 Å². The fraction of sp³-hybridized carbons (Fsp3) is 0.647. The van der Waals surface area contributed by atoms with Gasteiger partial charge in [0.2, 0.25) is 0 Å². The molecule has 1 aromatic rings. The van der Waals surface area contributed by atoms with Gasteiger partial charge in [0.1, 0.15) is 0 Å². The van der Waals surface area contributed by atoms with Crippen molar-refractivity contribution in [3.8, 4) is 0 Å². The molecule has 1 N–H and O–H groups in total. The second kappa shape index (κ2) is 6.06. The first-order valence-corrected chi connectivity index (χ1v) is 7.42. The number of hydrogen-bond acceptors (Lipinski definition) is 2. The van der Waals surface area contributed by atoms with Gasteiger partial charge in [0, 0.05) is 13.1 Å². The average Bonchev–Trinajstić information content (AvgIpc) is 2.86. The van der Waals surface area contributed by atoms with Crippen LogP contribution in [0.4, 0.5) is 0 Å². The fourth-order valence-corrected chi connectivity index (χ4v) is 2.89. The SMILES string of the molecule is CC(C)(C)C1CCN(CCC(O)c2ccccc2)C1. The standard InChI is InChI=1S/C17H27NO/c1-17(2,3)15-9-11-18(13-15)12-10-16(19)14-7-5-4-6-8-14/h4-8,15-16,19H,9-13H2,1-3H3. The maximum absolute atomic E-state index is 10.2. The molecule has 2 heteroatoms. The largest absolute Gasteiger partial charge is 0.388 e. The first kappa shape index (κ1) is 14.5. The van der Waals surface area contributed by atoms with Crippen molar-refractivity contribution in [1.82, 2.24) is 4.90 Å². The third-order valence-electron chi connectivity index (χ3n) is 4.40. The molecule has 2 nitrogen and oxygen atoms in total. The predicted octanol–water partition coefficient (Wildman–Crippen LogP) is 3.48. The van der Waals surface area contributed by atoms with Crippen molar-refractivity contribution in [1.29, 1.82) is 0 Å². The highest BCUT2D eigenvalue weighted by molar-refractivity contribution is 5.17. The van der Waals surface area contributed by atoms with Gasteiger partial charge in [-0.05, 0) is 36.3 Å². The molecule has 0 aliphatic carbocycles. The molecule has 1 fully saturated rings. The Morgan fingerprint density at radius 3 is 2.53 bits per heavy atom. The Balaban J connectivity index is 1.78. The minimum Gasteiger partial charge on any atom is -0.388 e. The van der Waals surface area contributed by atoms with Crippen LogP contribution >= 0.6 is 0 Å². The number of aliphatic hydroxyl groups is 1. The summed E-state index contributed by atoms with van der Waals surface area (Å²) in [5, 5.41) is 10.2. The first-order valence-electron chi connectivity index (χ1n) is 7.42. The highest BCUT2D eigenvalue weighted by atomic mass is 16.3. The number of likely N-dealkylation sites (tertiary alicyclic amines) is 1. The zero-order chi connectivity index (χ0) is 13.9. The van der Waals surface area contributed by atoms with Crippen LogP contribution in [0.15, 0.2) is 30.3 Å². The van der Waals surface area contributed by atoms with Crippen molar-refractivity contribution < 1.29 is 5.11 Å². The lowest BCUT2D eigenvalue weighted by Gasteiger charge is -2.27. The van der Waals surface area contributed by atoms with Crippen LogP contribution in [0, 0.1) is 11.3 Å². The van der Waals surface area contributed by atoms with Gasteiger partial charge in [0.05, 0.1) is 6.10 Å². The Bertz CT molecular complexity index is 382. The molecule has 0 bridgehead atoms. The molecule has 2 atom stereocenters. The van der Waals surface area contributed by atoms with E-state index in [9.17, 15) is 5.11 Å². The van der Waals surface area contributed by atoms with Gasteiger partial charge in [-0.25, -0.2) is 0 Å². The number of benzene rings is 1. The average molecular weight is 261 g/mol. The molecule has 0 radical (unpaired) electrons. The molecule has 2 unspecified atom stereocenters. The monoisotopic (exact) mass is 261 g/mol. The lowest BCUT2D eigenvalue weighted by atomic mass is 9.80. The summed E-state index contributed by atoms with van der Waals surface area (Å²) in [7, 11) is 0. The molecule has 1 aromatic carbocycles. The van der Waals surface area contributed by atoms with Crippen LogP contribution in [0.1, 0.15) is 45.3 Å². The summed E-state index contributed by atoms with van der Waals surface area (Å²) in [6.45, 7) is 10.4. The third-order valence-corrected chi connectivity index (χ3v) is 4.40. The predicted molar refractivity (Wildman–Crippen MR) is 80.0 cm³/mol. The normalized spacial score (nSPS) is 22.6. The zero-order valence-electron chi connectivity index (χ0n) is 12.5. The molecule has 1 saturated heterocycles. The van der Waals surface area contributed by atoms with Crippen molar-refractivity contribution in [2.45, 2.75) is 39.7 Å². The van der Waals surface area contributed by atoms with Gasteiger partial charge in [-0.15, -0.1) is 0 Å². The van der Waals surface area contributed by atoms with Crippen molar-refractivity contribution in [3.63, 3.8) is 0 Å². The number of hydrogen-bond donors (Lipinski definition) is 1. The summed E-state index contributed by atoms with van der Waals surface area (Å²) in [4.78, 5) is 2.50. The van der Waals surface area contributed by atoms with Gasteiger partial charge < -0.3 is 10.0 Å². The highest BCUT2D eigenvalue weighted by Crippen LogP contribution is 2.33. The van der Waals surface area contributed by atoms with Crippen LogP contribution in [-0.2, 0) is 0 Å². The van der Waals surface area contributed by atoms with E-state index in [4.69, 9.17) is 0 Å². The summed E-state index contributed by atoms with van der Waals surface area (Å²) in [5.74, 6) is 0.793. The maximum Gasteiger partial charge on any atom is 0.0802 e. The van der Waals surface area contributed by atoms with Crippen LogP contribution in [0.5, 0.6) is 0 Å². The molecule has 1 heterocycles. The van der Waals surface area contributed by atoms with Crippen molar-refractivity contribution in [2.24, 2.45) is 11.3 Å². The molecule has 0 saturated carbocycles. The Labute approximate surface area is 117 Å². The Morgan fingerprint density at radius 2 is 1.95 bits per heavy atom. The molecule has 0 amide bonds. The lowest BCUT2D eigenvalue weighted by Crippen LogP contribution is -2.27. The molecular weight excluding hydrogens is 234 g/mol. The first-order chi connectivity index (χ1) is 8.97. The van der Waals surface area contributed by atoms with E-state index >= 15 is 0 Å². The second-order valence-electron chi connectivity index (χ2n) is 6.87. The van der Waals surface area contributed by atoms with Crippen LogP contribution in [-0.4, -0.2) is 29.6 Å². The van der Waals surface area contributed by atoms with E-state index in [0.717, 1.165) is 24.4 Å². The van der Waals surface area contributed by atoms with Crippen LogP contribution in [0.25, 0.3) is 0 Å². The van der Waals surface area contributed by atoms with E-state index < -0.39 is 0 Å². The minimum absolute atomic E-state index is 0.324. The van der Waals surface area contributed by atoms with Crippen LogP contribution < -0.4 is 0 Å². The molecule has 106 valence electrons. The van der Waals surface area contributed by atoms with Gasteiger partial charge in [-0.3, -0.25) is 0 Å². The summed E-state index contributed by atoms with van der Waals surface area (Å²) in [5.41, 5.74) is 1.45. The quantitative estimate of drug-likeness (QED) is 0.897. The van der Waals surface area contributed by atoms with Gasteiger partial charge in [-0.2, -0.15) is 0 Å². The van der Waals surface area contributed by atoms with E-state index in [-0.39, 0.29) is 6.10 Å². The van der Waals surface area contributed by atoms with Gasteiger partial charge in [0.15, 0.2) is 0 Å². The van der Waals surface area contributed by atoms with Crippen molar-refractivity contribution in [2.75, 3.05) is 19.6 Å². The molecule has 19 heavy (non-hydrogen) atoms. The molecule has 0 aromatic heterocycles. The molecule has 1 aliphatic rings. The Hall–Kier alpha value is -0.860. The Kier molecular flexibility index (Phi) is 4.64. The second-order valence-corrected chi connectivity index (χ2v) is 6.87. The van der Waals surface area contributed by atoms with E-state index in [0.29, 0.717) is 5.41 Å². The number of rotatable bonds is 4. The van der Waals surface area contributed by atoms with E-state index in [1.807, 2.05) is 30.3 Å². The zero-order valence-corrected chi connectivity index (χ0v) is 12.5. The van der Waals surface area contributed by atoms with Gasteiger partial charge in [-0.1, -0.05) is 51.1 Å². The van der Waals surface area contributed by atoms with Crippen LogP contribution in [0.3, 0.4) is 0 Å². The molecular formula is C17H27NO. The third kappa shape index (κ3) is 4.05. The van der Waals surface area contributed by atoms with Gasteiger partial charge >= 0.3 is 0 Å². The minimum atomic E-state index is -0.324. The molecule has 0 spiro atoms. The summed E-state index contributed by atoms with van der Waals surface area (Å²) in [6, 6.07) is 9.98. The van der Waals surface area contributed by atoms with E-state index in [2.05, 4.69) is 25.7 Å². The number of aliphatic hydroxyl groups excluding tert-OH is 1. The maximum atomic E-state index is 10.2. The smallest absolute Gasteiger partial charge is 0.0802 e. The lowest BCUT2D eigenvalue weighted by molar-refractivity contribution is 0.144. The molecule has 2 rings (SSSR count). The highest BCUT2D eigenvalue weighted by Gasteiger charge is 2.31. The van der Waals surface area contributed by atoms with E-state index in [1.54, 1.807) is 0 Å². The molecule has 1 aliphatic heterocycles.